The highest BCUT2D eigenvalue weighted by Crippen LogP contribution is 2.18. The van der Waals surface area contributed by atoms with E-state index in [1.807, 2.05) is 0 Å². The fourth-order valence-electron chi connectivity index (χ4n) is 10.1. The molecule has 6 nitrogen and oxygen atoms in total. The Balaban J connectivity index is 4.25. The summed E-state index contributed by atoms with van der Waals surface area (Å²) in [6, 6.07) is 0. The summed E-state index contributed by atoms with van der Waals surface area (Å²) in [4.78, 5) is 38.4. The minimum absolute atomic E-state index is 0.0672. The van der Waals surface area contributed by atoms with Crippen LogP contribution in [0.1, 0.15) is 361 Å². The fourth-order valence-corrected chi connectivity index (χ4v) is 10.1. The summed E-state index contributed by atoms with van der Waals surface area (Å²) in [7, 11) is 0. The fraction of sp³-hybridized carbons (Fsp3) is 0.843. The summed E-state index contributed by atoms with van der Waals surface area (Å²) in [6.45, 7) is 6.59. The number of hydrogen-bond acceptors (Lipinski definition) is 6. The molecular weight excluding hydrogens is 937 g/mol. The molecule has 0 radical (unpaired) electrons. The van der Waals surface area contributed by atoms with Crippen LogP contribution in [0, 0.1) is 0 Å². The molecule has 0 aromatic heterocycles. The topological polar surface area (TPSA) is 78.9 Å². The van der Waals surface area contributed by atoms with Gasteiger partial charge >= 0.3 is 17.9 Å². The molecule has 0 aliphatic carbocycles. The van der Waals surface area contributed by atoms with Crippen molar-refractivity contribution in [3.8, 4) is 0 Å². The van der Waals surface area contributed by atoms with Gasteiger partial charge < -0.3 is 14.2 Å². The van der Waals surface area contributed by atoms with Crippen molar-refractivity contribution in [2.45, 2.75) is 367 Å². The number of carbonyl (C=O) groups excluding carboxylic acids is 3. The highest BCUT2D eigenvalue weighted by molar-refractivity contribution is 5.71. The molecule has 0 spiro atoms. The van der Waals surface area contributed by atoms with Gasteiger partial charge in [-0.1, -0.05) is 333 Å². The molecule has 0 bridgehead atoms. The second-order valence-electron chi connectivity index (χ2n) is 22.7. The lowest BCUT2D eigenvalue weighted by atomic mass is 10.0. The van der Waals surface area contributed by atoms with E-state index in [0.717, 1.165) is 83.5 Å². The van der Waals surface area contributed by atoms with Gasteiger partial charge in [0.2, 0.25) is 0 Å². The molecule has 0 saturated carbocycles. The molecule has 444 valence electrons. The van der Waals surface area contributed by atoms with Gasteiger partial charge in [-0.3, -0.25) is 14.4 Å². The minimum Gasteiger partial charge on any atom is -0.462 e. The maximum atomic E-state index is 12.9. The molecule has 6 heteroatoms. The van der Waals surface area contributed by atoms with Crippen LogP contribution in [-0.2, 0) is 28.6 Å². The zero-order chi connectivity index (χ0) is 55.0. The first kappa shape index (κ1) is 73.4. The van der Waals surface area contributed by atoms with Gasteiger partial charge in [0.15, 0.2) is 6.10 Å². The van der Waals surface area contributed by atoms with Crippen molar-refractivity contribution in [3.63, 3.8) is 0 Å². The van der Waals surface area contributed by atoms with E-state index < -0.39 is 6.10 Å². The Hall–Kier alpha value is -2.63. The quantitative estimate of drug-likeness (QED) is 0.0261. The zero-order valence-corrected chi connectivity index (χ0v) is 51.0. The van der Waals surface area contributed by atoms with Crippen LogP contribution < -0.4 is 0 Å². The molecular formula is C70H128O6. The maximum absolute atomic E-state index is 12.9. The molecule has 0 heterocycles. The lowest BCUT2D eigenvalue weighted by Crippen LogP contribution is -2.30. The predicted molar refractivity (Wildman–Crippen MR) is 330 cm³/mol. The Kier molecular flexibility index (Phi) is 62.6. The number of rotatable bonds is 62. The van der Waals surface area contributed by atoms with Crippen LogP contribution >= 0.6 is 0 Å². The van der Waals surface area contributed by atoms with E-state index in [0.29, 0.717) is 19.3 Å². The summed E-state index contributed by atoms with van der Waals surface area (Å²) in [6.07, 6.45) is 81.2. The average molecular weight is 1070 g/mol. The summed E-state index contributed by atoms with van der Waals surface area (Å²) < 4.78 is 17.0. The summed E-state index contributed by atoms with van der Waals surface area (Å²) in [5.74, 6) is -0.843. The zero-order valence-electron chi connectivity index (χ0n) is 51.0. The molecule has 0 saturated heterocycles. The van der Waals surface area contributed by atoms with Crippen molar-refractivity contribution in [1.29, 1.82) is 0 Å². The first-order valence-corrected chi connectivity index (χ1v) is 33.6. The van der Waals surface area contributed by atoms with E-state index in [2.05, 4.69) is 69.4 Å². The maximum Gasteiger partial charge on any atom is 0.306 e. The highest BCUT2D eigenvalue weighted by Gasteiger charge is 2.19. The van der Waals surface area contributed by atoms with Gasteiger partial charge in [0, 0.05) is 19.3 Å². The van der Waals surface area contributed by atoms with Crippen LogP contribution in [0.4, 0.5) is 0 Å². The smallest absolute Gasteiger partial charge is 0.306 e. The number of unbranched alkanes of at least 4 members (excludes halogenated alkanes) is 43. The molecule has 0 aromatic rings. The van der Waals surface area contributed by atoms with Crippen molar-refractivity contribution in [2.24, 2.45) is 0 Å². The van der Waals surface area contributed by atoms with Crippen LogP contribution in [0.25, 0.3) is 0 Å². The number of carbonyl (C=O) groups is 3. The number of esters is 3. The van der Waals surface area contributed by atoms with Crippen molar-refractivity contribution in [3.05, 3.63) is 48.6 Å². The third kappa shape index (κ3) is 62.2. The molecule has 1 atom stereocenters. The minimum atomic E-state index is -0.770. The highest BCUT2D eigenvalue weighted by atomic mass is 16.6. The van der Waals surface area contributed by atoms with Gasteiger partial charge in [0.05, 0.1) is 0 Å². The lowest BCUT2D eigenvalue weighted by Gasteiger charge is -2.18. The largest absolute Gasteiger partial charge is 0.462 e. The number of allylic oxidation sites excluding steroid dienone is 8. The van der Waals surface area contributed by atoms with Gasteiger partial charge in [0.25, 0.3) is 0 Å². The van der Waals surface area contributed by atoms with Gasteiger partial charge in [-0.2, -0.15) is 0 Å². The van der Waals surface area contributed by atoms with E-state index >= 15 is 0 Å². The standard InChI is InChI=1S/C70H128O6/c1-4-7-10-13-16-19-22-25-27-29-31-33-34-35-36-37-39-40-42-45-48-51-54-57-60-63-69(72)75-66-67(65-74-68(71)62-59-56-53-50-47-44-24-21-18-15-12-9-6-3)76-70(73)64-61-58-55-52-49-46-43-41-38-32-30-28-26-23-20-17-14-11-8-5-2/h7,10,16,19,25,27,31,33,67H,4-6,8-9,11-15,17-18,20-24,26,28-30,32,34-66H2,1-3H3/b10-7-,19-16-,27-25-,33-31-. The Morgan fingerprint density at radius 2 is 0.513 bits per heavy atom. The number of ether oxygens (including phenoxy) is 3. The molecule has 0 N–H and O–H groups in total. The molecule has 0 aliphatic heterocycles. The first-order valence-electron chi connectivity index (χ1n) is 33.6. The molecule has 0 aliphatic rings. The van der Waals surface area contributed by atoms with Gasteiger partial charge in [0.1, 0.15) is 13.2 Å². The lowest BCUT2D eigenvalue weighted by molar-refractivity contribution is -0.167. The van der Waals surface area contributed by atoms with Crippen molar-refractivity contribution in [2.75, 3.05) is 13.2 Å². The van der Waals surface area contributed by atoms with Crippen LogP contribution in [-0.4, -0.2) is 37.2 Å². The predicted octanol–water partition coefficient (Wildman–Crippen LogP) is 22.9. The van der Waals surface area contributed by atoms with E-state index in [1.165, 1.54) is 238 Å². The third-order valence-electron chi connectivity index (χ3n) is 15.1. The van der Waals surface area contributed by atoms with Crippen LogP contribution in [0.15, 0.2) is 48.6 Å². The number of hydrogen-bond donors (Lipinski definition) is 0. The molecule has 76 heavy (non-hydrogen) atoms. The Labute approximate surface area is 473 Å². The van der Waals surface area contributed by atoms with E-state index in [4.69, 9.17) is 14.2 Å². The average Bonchev–Trinajstić information content (AvgIpc) is 3.42. The Morgan fingerprint density at radius 3 is 0.803 bits per heavy atom. The SMILES string of the molecule is CC/C=C\C/C=C\C/C=C\C/C=C\CCCCCCCCCCCCCCC(=O)OCC(COC(=O)CCCCCCCCCCCCCCC)OC(=O)CCCCCCCCCCCCCCCCCCCCCC. The van der Waals surface area contributed by atoms with Crippen molar-refractivity contribution in [1.82, 2.24) is 0 Å². The molecule has 0 fully saturated rings. The monoisotopic (exact) mass is 1060 g/mol. The van der Waals surface area contributed by atoms with Crippen molar-refractivity contribution >= 4 is 17.9 Å². The van der Waals surface area contributed by atoms with Gasteiger partial charge in [-0.15, -0.1) is 0 Å². The molecule has 0 rings (SSSR count). The van der Waals surface area contributed by atoms with Gasteiger partial charge in [-0.25, -0.2) is 0 Å². The normalized spacial score (nSPS) is 12.3. The van der Waals surface area contributed by atoms with Crippen LogP contribution in [0.3, 0.4) is 0 Å². The van der Waals surface area contributed by atoms with Crippen molar-refractivity contribution < 1.29 is 28.6 Å². The Morgan fingerprint density at radius 1 is 0.276 bits per heavy atom. The van der Waals surface area contributed by atoms with Gasteiger partial charge in [-0.05, 0) is 57.8 Å². The summed E-state index contributed by atoms with van der Waals surface area (Å²) >= 11 is 0. The van der Waals surface area contributed by atoms with Crippen LogP contribution in [0.5, 0.6) is 0 Å². The van der Waals surface area contributed by atoms with E-state index in [-0.39, 0.29) is 31.1 Å². The second kappa shape index (κ2) is 64.9. The second-order valence-corrected chi connectivity index (χ2v) is 22.7. The first-order chi connectivity index (χ1) is 37.5. The van der Waals surface area contributed by atoms with E-state index in [1.54, 1.807) is 0 Å². The Bertz CT molecular complexity index is 1310. The molecule has 1 unspecified atom stereocenters. The molecule has 0 amide bonds. The summed E-state index contributed by atoms with van der Waals surface area (Å²) in [5.41, 5.74) is 0. The molecule has 0 aromatic carbocycles. The van der Waals surface area contributed by atoms with E-state index in [9.17, 15) is 14.4 Å². The van der Waals surface area contributed by atoms with Crippen LogP contribution in [0.2, 0.25) is 0 Å². The summed E-state index contributed by atoms with van der Waals surface area (Å²) in [5, 5.41) is 0. The third-order valence-corrected chi connectivity index (χ3v) is 15.1.